The van der Waals surface area contributed by atoms with E-state index in [0.29, 0.717) is 5.69 Å². The zero-order valence-electron chi connectivity index (χ0n) is 18.9. The maximum atomic E-state index is 14.5. The Hall–Kier alpha value is -3.08. The number of aromatic nitrogens is 2. The molecule has 0 N–H and O–H groups in total. The van der Waals surface area contributed by atoms with Crippen LogP contribution in [0.1, 0.15) is 73.9 Å². The Balaban J connectivity index is 1.55. The average molecular weight is 435 g/mol. The summed E-state index contributed by atoms with van der Waals surface area (Å²) < 4.78 is 19.7. The quantitative estimate of drug-likeness (QED) is 0.242. The standard InChI is InChI=1S/C27H31FN2O2/c1-3-5-6-7-8-9-10-21-13-16-23(24(28)17-21)27(31)32-26-19-29-25(18-30-26)22-14-11-20(4-2)12-15-22/h11-19H,3-10H2,1-2H3. The fourth-order valence-electron chi connectivity index (χ4n) is 3.57. The van der Waals surface area contributed by atoms with E-state index in [4.69, 9.17) is 4.74 Å². The fraction of sp³-hybridized carbons (Fsp3) is 0.370. The van der Waals surface area contributed by atoms with Crippen molar-refractivity contribution in [1.29, 1.82) is 0 Å². The Labute approximate surface area is 189 Å². The molecule has 0 saturated carbocycles. The first kappa shape index (κ1) is 23.6. The van der Waals surface area contributed by atoms with Crippen LogP contribution in [0.25, 0.3) is 11.3 Å². The van der Waals surface area contributed by atoms with Crippen molar-refractivity contribution in [2.45, 2.75) is 65.2 Å². The average Bonchev–Trinajstić information content (AvgIpc) is 2.82. The van der Waals surface area contributed by atoms with E-state index in [1.54, 1.807) is 12.3 Å². The van der Waals surface area contributed by atoms with E-state index in [9.17, 15) is 9.18 Å². The Morgan fingerprint density at radius 2 is 1.59 bits per heavy atom. The SMILES string of the molecule is CCCCCCCCc1ccc(C(=O)Oc2cnc(-c3ccc(CC)cc3)cn2)c(F)c1. The van der Waals surface area contributed by atoms with Crippen molar-refractivity contribution in [3.8, 4) is 17.1 Å². The van der Waals surface area contributed by atoms with Crippen molar-refractivity contribution < 1.29 is 13.9 Å². The van der Waals surface area contributed by atoms with Gasteiger partial charge in [0.2, 0.25) is 5.88 Å². The molecule has 0 amide bonds. The second-order valence-electron chi connectivity index (χ2n) is 8.01. The summed E-state index contributed by atoms with van der Waals surface area (Å²) in [5, 5.41) is 0. The van der Waals surface area contributed by atoms with Crippen LogP contribution in [0, 0.1) is 5.82 Å². The van der Waals surface area contributed by atoms with Crippen LogP contribution in [-0.4, -0.2) is 15.9 Å². The predicted molar refractivity (Wildman–Crippen MR) is 125 cm³/mol. The van der Waals surface area contributed by atoms with Gasteiger partial charge in [-0.3, -0.25) is 0 Å². The van der Waals surface area contributed by atoms with Gasteiger partial charge in [0.05, 0.1) is 23.7 Å². The van der Waals surface area contributed by atoms with Crippen molar-refractivity contribution in [2.75, 3.05) is 0 Å². The van der Waals surface area contributed by atoms with Crippen LogP contribution in [-0.2, 0) is 12.8 Å². The normalized spacial score (nSPS) is 10.8. The number of carbonyl (C=O) groups is 1. The van der Waals surface area contributed by atoms with E-state index >= 15 is 0 Å². The zero-order chi connectivity index (χ0) is 22.8. The number of hydrogen-bond acceptors (Lipinski definition) is 4. The number of aryl methyl sites for hydroxylation is 2. The maximum absolute atomic E-state index is 14.5. The number of halogens is 1. The Bertz CT molecular complexity index is 1000. The molecule has 32 heavy (non-hydrogen) atoms. The molecular formula is C27H31FN2O2. The number of benzene rings is 2. The topological polar surface area (TPSA) is 52.1 Å². The van der Waals surface area contributed by atoms with Gasteiger partial charge in [-0.05, 0) is 42.5 Å². The smallest absolute Gasteiger partial charge is 0.347 e. The molecule has 0 fully saturated rings. The molecule has 0 radical (unpaired) electrons. The van der Waals surface area contributed by atoms with Crippen LogP contribution < -0.4 is 4.74 Å². The van der Waals surface area contributed by atoms with Crippen LogP contribution >= 0.6 is 0 Å². The van der Waals surface area contributed by atoms with Gasteiger partial charge in [-0.2, -0.15) is 0 Å². The molecule has 0 bridgehead atoms. The van der Waals surface area contributed by atoms with E-state index in [1.165, 1.54) is 49.6 Å². The van der Waals surface area contributed by atoms with E-state index < -0.39 is 11.8 Å². The molecule has 0 saturated heterocycles. The summed E-state index contributed by atoms with van der Waals surface area (Å²) in [7, 11) is 0. The molecule has 0 unspecified atom stereocenters. The number of hydrogen-bond donors (Lipinski definition) is 0. The first-order valence-corrected chi connectivity index (χ1v) is 11.5. The largest absolute Gasteiger partial charge is 0.402 e. The van der Waals surface area contributed by atoms with E-state index in [-0.39, 0.29) is 11.4 Å². The molecule has 5 heteroatoms. The molecule has 0 aliphatic heterocycles. The lowest BCUT2D eigenvalue weighted by Gasteiger charge is -2.07. The van der Waals surface area contributed by atoms with E-state index in [1.807, 2.05) is 24.3 Å². The number of rotatable bonds is 11. The van der Waals surface area contributed by atoms with Gasteiger partial charge in [-0.1, -0.05) is 76.3 Å². The van der Waals surface area contributed by atoms with Crippen molar-refractivity contribution in [3.05, 3.63) is 77.4 Å². The summed E-state index contributed by atoms with van der Waals surface area (Å²) >= 11 is 0. The summed E-state index contributed by atoms with van der Waals surface area (Å²) in [5.74, 6) is -1.30. The highest BCUT2D eigenvalue weighted by atomic mass is 19.1. The first-order chi connectivity index (χ1) is 15.6. The van der Waals surface area contributed by atoms with Crippen LogP contribution in [0.4, 0.5) is 4.39 Å². The number of carbonyl (C=O) groups excluding carboxylic acids is 1. The molecule has 0 spiro atoms. The highest BCUT2D eigenvalue weighted by Crippen LogP contribution is 2.20. The van der Waals surface area contributed by atoms with Crippen LogP contribution in [0.5, 0.6) is 5.88 Å². The van der Waals surface area contributed by atoms with Gasteiger partial charge in [0.1, 0.15) is 5.82 Å². The minimum atomic E-state index is -0.775. The molecular weight excluding hydrogens is 403 g/mol. The van der Waals surface area contributed by atoms with Crippen molar-refractivity contribution in [2.24, 2.45) is 0 Å². The number of esters is 1. The minimum Gasteiger partial charge on any atom is -0.402 e. The monoisotopic (exact) mass is 434 g/mol. The summed E-state index contributed by atoms with van der Waals surface area (Å²) in [6, 6.07) is 12.8. The van der Waals surface area contributed by atoms with Crippen LogP contribution in [0.3, 0.4) is 0 Å². The third-order valence-electron chi connectivity index (χ3n) is 5.56. The van der Waals surface area contributed by atoms with E-state index in [0.717, 1.165) is 36.8 Å². The first-order valence-electron chi connectivity index (χ1n) is 11.5. The maximum Gasteiger partial charge on any atom is 0.347 e. The van der Waals surface area contributed by atoms with Gasteiger partial charge in [-0.15, -0.1) is 0 Å². The van der Waals surface area contributed by atoms with Gasteiger partial charge >= 0.3 is 5.97 Å². The van der Waals surface area contributed by atoms with Crippen molar-refractivity contribution >= 4 is 5.97 Å². The summed E-state index contributed by atoms with van der Waals surface area (Å²) in [5.41, 5.74) is 3.65. The Kier molecular flexibility index (Phi) is 8.90. The van der Waals surface area contributed by atoms with Crippen molar-refractivity contribution in [3.63, 3.8) is 0 Å². The molecule has 1 heterocycles. The lowest BCUT2D eigenvalue weighted by molar-refractivity contribution is 0.0722. The van der Waals surface area contributed by atoms with Gasteiger partial charge in [0.15, 0.2) is 0 Å². The lowest BCUT2D eigenvalue weighted by Crippen LogP contribution is -2.12. The molecule has 0 atom stereocenters. The molecule has 0 aliphatic carbocycles. The van der Waals surface area contributed by atoms with Gasteiger partial charge in [-0.25, -0.2) is 19.2 Å². The molecule has 3 rings (SSSR count). The highest BCUT2D eigenvalue weighted by Gasteiger charge is 2.16. The summed E-state index contributed by atoms with van der Waals surface area (Å²) in [4.78, 5) is 20.9. The Morgan fingerprint density at radius 1 is 0.875 bits per heavy atom. The van der Waals surface area contributed by atoms with E-state index in [2.05, 4.69) is 23.8 Å². The lowest BCUT2D eigenvalue weighted by atomic mass is 10.0. The molecule has 4 nitrogen and oxygen atoms in total. The summed E-state index contributed by atoms with van der Waals surface area (Å²) in [6.45, 7) is 4.30. The molecule has 2 aromatic carbocycles. The van der Waals surface area contributed by atoms with Gasteiger partial charge in [0, 0.05) is 5.56 Å². The third kappa shape index (κ3) is 6.71. The molecule has 3 aromatic rings. The van der Waals surface area contributed by atoms with Crippen molar-refractivity contribution in [1.82, 2.24) is 9.97 Å². The fourth-order valence-corrected chi connectivity index (χ4v) is 3.57. The number of ether oxygens (including phenoxy) is 1. The van der Waals surface area contributed by atoms with Crippen LogP contribution in [0.2, 0.25) is 0 Å². The predicted octanol–water partition coefficient (Wildman–Crippen LogP) is 6.97. The third-order valence-corrected chi connectivity index (χ3v) is 5.56. The van der Waals surface area contributed by atoms with Crippen LogP contribution in [0.15, 0.2) is 54.9 Å². The second-order valence-corrected chi connectivity index (χ2v) is 8.01. The summed E-state index contributed by atoms with van der Waals surface area (Å²) in [6.07, 6.45) is 11.8. The second kappa shape index (κ2) is 12.1. The molecule has 168 valence electrons. The number of nitrogens with zero attached hydrogens (tertiary/aromatic N) is 2. The highest BCUT2D eigenvalue weighted by molar-refractivity contribution is 5.91. The molecule has 0 aliphatic rings. The number of unbranched alkanes of at least 4 members (excludes halogenated alkanes) is 5. The Morgan fingerprint density at radius 3 is 2.25 bits per heavy atom. The van der Waals surface area contributed by atoms with Gasteiger partial charge < -0.3 is 4.74 Å². The van der Waals surface area contributed by atoms with Gasteiger partial charge in [0.25, 0.3) is 0 Å². The minimum absolute atomic E-state index is 0.0412. The molecule has 1 aromatic heterocycles. The zero-order valence-corrected chi connectivity index (χ0v) is 18.9.